The molecule has 1 aromatic rings. The van der Waals surface area contributed by atoms with Gasteiger partial charge in [0.05, 0.1) is 19.3 Å². The third-order valence-electron chi connectivity index (χ3n) is 3.91. The summed E-state index contributed by atoms with van der Waals surface area (Å²) in [6, 6.07) is 10.9. The molecule has 0 aliphatic carbocycles. The fraction of sp³-hybridized carbons (Fsp3) is 0.500. The first-order valence-electron chi connectivity index (χ1n) is 6.14. The van der Waals surface area contributed by atoms with Crippen LogP contribution in [-0.4, -0.2) is 26.3 Å². The molecular formula is C14H16N2O. The summed E-state index contributed by atoms with van der Waals surface area (Å²) >= 11 is 0. The minimum atomic E-state index is -0.382. The van der Waals surface area contributed by atoms with Crippen LogP contribution in [0.25, 0.3) is 0 Å². The first-order chi connectivity index (χ1) is 8.34. The summed E-state index contributed by atoms with van der Waals surface area (Å²) in [4.78, 5) is 0. The second kappa shape index (κ2) is 4.14. The highest BCUT2D eigenvalue weighted by molar-refractivity contribution is 5.38. The van der Waals surface area contributed by atoms with Crippen LogP contribution in [0.4, 0.5) is 0 Å². The van der Waals surface area contributed by atoms with Crippen molar-refractivity contribution in [2.45, 2.75) is 17.8 Å². The number of nitriles is 1. The van der Waals surface area contributed by atoms with Crippen molar-refractivity contribution < 1.29 is 4.74 Å². The molecule has 1 N–H and O–H groups in total. The quantitative estimate of drug-likeness (QED) is 0.835. The molecule has 0 bridgehead atoms. The van der Waals surface area contributed by atoms with Gasteiger partial charge in [-0.1, -0.05) is 24.3 Å². The van der Waals surface area contributed by atoms with Crippen LogP contribution in [0.2, 0.25) is 0 Å². The lowest BCUT2D eigenvalue weighted by Crippen LogP contribution is -2.45. The minimum Gasteiger partial charge on any atom is -0.377 e. The molecule has 1 aromatic carbocycles. The Bertz CT molecular complexity index is 436. The van der Waals surface area contributed by atoms with Gasteiger partial charge in [-0.3, -0.25) is 0 Å². The van der Waals surface area contributed by atoms with Crippen molar-refractivity contribution in [2.75, 3.05) is 26.3 Å². The van der Waals surface area contributed by atoms with E-state index < -0.39 is 0 Å². The molecule has 3 rings (SSSR count). The van der Waals surface area contributed by atoms with E-state index in [-0.39, 0.29) is 5.41 Å². The van der Waals surface area contributed by atoms with Crippen molar-refractivity contribution in [3.8, 4) is 6.07 Å². The number of nitrogens with one attached hydrogen (secondary N) is 1. The molecule has 1 unspecified atom stereocenters. The van der Waals surface area contributed by atoms with Gasteiger partial charge in [-0.05, 0) is 30.0 Å². The Hall–Kier alpha value is -1.37. The maximum absolute atomic E-state index is 9.23. The topological polar surface area (TPSA) is 45.0 Å². The maximum Gasteiger partial charge on any atom is 0.129 e. The smallest absolute Gasteiger partial charge is 0.129 e. The van der Waals surface area contributed by atoms with Crippen molar-refractivity contribution in [1.29, 1.82) is 5.26 Å². The fourth-order valence-electron chi connectivity index (χ4n) is 2.62. The van der Waals surface area contributed by atoms with Crippen LogP contribution < -0.4 is 5.32 Å². The number of hydrogen-bond donors (Lipinski definition) is 1. The van der Waals surface area contributed by atoms with Crippen LogP contribution in [0.5, 0.6) is 0 Å². The van der Waals surface area contributed by atoms with E-state index in [4.69, 9.17) is 4.74 Å². The lowest BCUT2D eigenvalue weighted by Gasteiger charge is -2.35. The van der Waals surface area contributed by atoms with Crippen molar-refractivity contribution in [1.82, 2.24) is 5.32 Å². The highest BCUT2D eigenvalue weighted by Crippen LogP contribution is 2.33. The Morgan fingerprint density at radius 1 is 1.29 bits per heavy atom. The largest absolute Gasteiger partial charge is 0.377 e. The lowest BCUT2D eigenvalue weighted by molar-refractivity contribution is -0.0298. The van der Waals surface area contributed by atoms with Crippen molar-refractivity contribution >= 4 is 0 Å². The zero-order valence-electron chi connectivity index (χ0n) is 9.78. The standard InChI is InChI=1S/C14H16N2O/c15-8-14(9-17-10-14)13-3-1-11(2-4-13)12-5-6-16-7-12/h1-4,12,16H,5-7,9-10H2. The molecule has 1 atom stereocenters. The van der Waals surface area contributed by atoms with E-state index in [9.17, 15) is 5.26 Å². The van der Waals surface area contributed by atoms with Crippen LogP contribution in [-0.2, 0) is 10.2 Å². The SMILES string of the molecule is N#CC1(c2ccc(C3CCNC3)cc2)COC1. The van der Waals surface area contributed by atoms with E-state index in [0.29, 0.717) is 19.1 Å². The van der Waals surface area contributed by atoms with Crippen molar-refractivity contribution in [3.63, 3.8) is 0 Å². The summed E-state index contributed by atoms with van der Waals surface area (Å²) in [5, 5.41) is 12.6. The van der Waals surface area contributed by atoms with Gasteiger partial charge >= 0.3 is 0 Å². The van der Waals surface area contributed by atoms with E-state index in [1.54, 1.807) is 0 Å². The predicted octanol–water partition coefficient (Wildman–Crippen LogP) is 1.56. The molecule has 2 aliphatic heterocycles. The van der Waals surface area contributed by atoms with Crippen LogP contribution >= 0.6 is 0 Å². The molecule has 2 heterocycles. The second-order valence-corrected chi connectivity index (χ2v) is 5.00. The highest BCUT2D eigenvalue weighted by atomic mass is 16.5. The number of rotatable bonds is 2. The zero-order valence-corrected chi connectivity index (χ0v) is 9.78. The van der Waals surface area contributed by atoms with E-state index in [0.717, 1.165) is 18.7 Å². The van der Waals surface area contributed by atoms with Crippen LogP contribution in [0, 0.1) is 11.3 Å². The minimum absolute atomic E-state index is 0.382. The lowest BCUT2D eigenvalue weighted by atomic mass is 9.79. The van der Waals surface area contributed by atoms with Gasteiger partial charge in [0.15, 0.2) is 0 Å². The molecule has 0 radical (unpaired) electrons. The van der Waals surface area contributed by atoms with Gasteiger partial charge < -0.3 is 10.1 Å². The van der Waals surface area contributed by atoms with Crippen molar-refractivity contribution in [3.05, 3.63) is 35.4 Å². The Kier molecular flexibility index (Phi) is 2.62. The number of nitrogens with zero attached hydrogens (tertiary/aromatic N) is 1. The number of benzene rings is 1. The third-order valence-corrected chi connectivity index (χ3v) is 3.91. The van der Waals surface area contributed by atoms with E-state index in [2.05, 4.69) is 35.7 Å². The van der Waals surface area contributed by atoms with E-state index in [1.165, 1.54) is 12.0 Å². The van der Waals surface area contributed by atoms with E-state index in [1.807, 2.05) is 0 Å². The van der Waals surface area contributed by atoms with Gasteiger partial charge in [0.1, 0.15) is 5.41 Å². The summed E-state index contributed by atoms with van der Waals surface area (Å²) in [6.45, 7) is 3.26. The summed E-state index contributed by atoms with van der Waals surface area (Å²) < 4.78 is 5.18. The van der Waals surface area contributed by atoms with Crippen LogP contribution in [0.3, 0.4) is 0 Å². The molecule has 3 heteroatoms. The molecule has 0 amide bonds. The number of ether oxygens (including phenoxy) is 1. The average molecular weight is 228 g/mol. The zero-order chi connectivity index (χ0) is 11.7. The van der Waals surface area contributed by atoms with Gasteiger partial charge in [-0.15, -0.1) is 0 Å². The molecule has 2 aliphatic rings. The maximum atomic E-state index is 9.23. The first-order valence-corrected chi connectivity index (χ1v) is 6.14. The molecule has 88 valence electrons. The van der Waals surface area contributed by atoms with Gasteiger partial charge in [0, 0.05) is 6.54 Å². The molecule has 0 spiro atoms. The Morgan fingerprint density at radius 3 is 2.53 bits per heavy atom. The molecule has 3 nitrogen and oxygen atoms in total. The van der Waals surface area contributed by atoms with Crippen LogP contribution in [0.15, 0.2) is 24.3 Å². The highest BCUT2D eigenvalue weighted by Gasteiger charge is 2.40. The Labute approximate surface area is 101 Å². The molecule has 2 saturated heterocycles. The predicted molar refractivity (Wildman–Crippen MR) is 64.8 cm³/mol. The Balaban J connectivity index is 1.82. The molecule has 0 aromatic heterocycles. The molecule has 0 saturated carbocycles. The second-order valence-electron chi connectivity index (χ2n) is 5.00. The molecule has 2 fully saturated rings. The Morgan fingerprint density at radius 2 is 2.06 bits per heavy atom. The summed E-state index contributed by atoms with van der Waals surface area (Å²) in [5.41, 5.74) is 2.10. The average Bonchev–Trinajstić information content (AvgIpc) is 2.83. The summed E-state index contributed by atoms with van der Waals surface area (Å²) in [7, 11) is 0. The normalized spacial score (nSPS) is 26.2. The summed E-state index contributed by atoms with van der Waals surface area (Å²) in [6.07, 6.45) is 1.21. The fourth-order valence-corrected chi connectivity index (χ4v) is 2.62. The van der Waals surface area contributed by atoms with E-state index >= 15 is 0 Å². The van der Waals surface area contributed by atoms with Gasteiger partial charge in [0.2, 0.25) is 0 Å². The number of hydrogen-bond acceptors (Lipinski definition) is 3. The summed E-state index contributed by atoms with van der Waals surface area (Å²) in [5.74, 6) is 0.639. The van der Waals surface area contributed by atoms with Gasteiger partial charge in [0.25, 0.3) is 0 Å². The first kappa shape index (κ1) is 10.8. The molecule has 17 heavy (non-hydrogen) atoms. The third kappa shape index (κ3) is 1.74. The monoisotopic (exact) mass is 228 g/mol. The van der Waals surface area contributed by atoms with Gasteiger partial charge in [-0.2, -0.15) is 5.26 Å². The van der Waals surface area contributed by atoms with Crippen molar-refractivity contribution in [2.24, 2.45) is 0 Å². The van der Waals surface area contributed by atoms with Crippen LogP contribution in [0.1, 0.15) is 23.5 Å². The molecular weight excluding hydrogens is 212 g/mol. The van der Waals surface area contributed by atoms with Gasteiger partial charge in [-0.25, -0.2) is 0 Å².